The molecule has 0 aromatic heterocycles. The first-order valence-electron chi connectivity index (χ1n) is 8.36. The molecular weight excluding hydrogens is 391 g/mol. The first-order chi connectivity index (χ1) is 12.9. The van der Waals surface area contributed by atoms with Gasteiger partial charge in [-0.1, -0.05) is 29.3 Å². The summed E-state index contributed by atoms with van der Waals surface area (Å²) in [7, 11) is 1.86. The highest BCUT2D eigenvalue weighted by atomic mass is 35.5. The second-order valence-corrected chi connectivity index (χ2v) is 7.29. The summed E-state index contributed by atoms with van der Waals surface area (Å²) < 4.78 is 11.1. The third kappa shape index (κ3) is 3.36. The summed E-state index contributed by atoms with van der Waals surface area (Å²) in [6.45, 7) is 1.64. The zero-order valence-corrected chi connectivity index (χ0v) is 16.0. The zero-order valence-electron chi connectivity index (χ0n) is 14.5. The van der Waals surface area contributed by atoms with Crippen LogP contribution in [0.3, 0.4) is 0 Å². The monoisotopic (exact) mass is 406 g/mol. The second-order valence-electron chi connectivity index (χ2n) is 6.48. The Kier molecular flexibility index (Phi) is 4.72. The molecule has 140 valence electrons. The topological polar surface area (TPSA) is 59.1 Å². The highest BCUT2D eigenvalue weighted by Crippen LogP contribution is 2.40. The van der Waals surface area contributed by atoms with E-state index in [0.717, 1.165) is 5.56 Å². The van der Waals surface area contributed by atoms with E-state index in [0.29, 0.717) is 52.6 Å². The molecule has 6 nitrogen and oxygen atoms in total. The Morgan fingerprint density at radius 1 is 1.04 bits per heavy atom. The maximum absolute atomic E-state index is 12.5. The molecule has 2 aliphatic rings. The number of nitrogens with zero attached hydrogens (tertiary/aromatic N) is 2. The number of hydrogen-bond donors (Lipinski definition) is 0. The minimum absolute atomic E-state index is 0.247. The summed E-state index contributed by atoms with van der Waals surface area (Å²) in [4.78, 5) is 28.2. The van der Waals surface area contributed by atoms with Crippen molar-refractivity contribution in [3.8, 4) is 11.5 Å². The number of carbonyl (C=O) groups excluding carboxylic acids is 2. The van der Waals surface area contributed by atoms with Gasteiger partial charge in [-0.2, -0.15) is 0 Å². The Bertz CT molecular complexity index is 948. The van der Waals surface area contributed by atoms with E-state index in [9.17, 15) is 9.59 Å². The lowest BCUT2D eigenvalue weighted by Crippen LogP contribution is -2.38. The van der Waals surface area contributed by atoms with E-state index in [1.54, 1.807) is 24.3 Å². The van der Waals surface area contributed by atoms with E-state index >= 15 is 0 Å². The van der Waals surface area contributed by atoms with Crippen LogP contribution in [0.1, 0.15) is 15.9 Å². The van der Waals surface area contributed by atoms with Crippen LogP contribution in [0.25, 0.3) is 0 Å². The van der Waals surface area contributed by atoms with E-state index in [2.05, 4.69) is 0 Å². The highest BCUT2D eigenvalue weighted by molar-refractivity contribution is 6.52. The standard InChI is InChI=1S/C19H16Cl2N2O4/c1-22(9-11-2-3-13(20)14(21)6-11)10-23-15-8-17-16(26-4-5-27-17)7-12(15)18(24)19(23)25/h2-3,6-8H,4-5,9-10H2,1H3. The van der Waals surface area contributed by atoms with E-state index < -0.39 is 11.7 Å². The maximum Gasteiger partial charge on any atom is 0.300 e. The van der Waals surface area contributed by atoms with Crippen molar-refractivity contribution in [1.82, 2.24) is 4.90 Å². The first-order valence-corrected chi connectivity index (χ1v) is 9.12. The summed E-state index contributed by atoms with van der Waals surface area (Å²) in [6.07, 6.45) is 0. The molecule has 0 saturated heterocycles. The molecule has 0 N–H and O–H groups in total. The van der Waals surface area contributed by atoms with Crippen LogP contribution in [0, 0.1) is 0 Å². The fourth-order valence-electron chi connectivity index (χ4n) is 3.21. The van der Waals surface area contributed by atoms with Gasteiger partial charge in [0.05, 0.1) is 28.0 Å². The Labute approximate surface area is 166 Å². The number of benzene rings is 2. The van der Waals surface area contributed by atoms with Gasteiger partial charge in [-0.3, -0.25) is 19.4 Å². The number of amides is 1. The lowest BCUT2D eigenvalue weighted by molar-refractivity contribution is -0.114. The molecule has 0 saturated carbocycles. The zero-order chi connectivity index (χ0) is 19.1. The molecule has 1 amide bonds. The van der Waals surface area contributed by atoms with Crippen molar-refractivity contribution in [1.29, 1.82) is 0 Å². The van der Waals surface area contributed by atoms with E-state index in [4.69, 9.17) is 32.7 Å². The van der Waals surface area contributed by atoms with Gasteiger partial charge < -0.3 is 9.47 Å². The van der Waals surface area contributed by atoms with Crippen molar-refractivity contribution in [2.45, 2.75) is 6.54 Å². The molecular formula is C19H16Cl2N2O4. The largest absolute Gasteiger partial charge is 0.486 e. The lowest BCUT2D eigenvalue weighted by Gasteiger charge is -2.25. The Morgan fingerprint density at radius 3 is 2.44 bits per heavy atom. The predicted molar refractivity (Wildman–Crippen MR) is 102 cm³/mol. The number of halogens is 2. The minimum atomic E-state index is -0.562. The molecule has 8 heteroatoms. The molecule has 0 radical (unpaired) electrons. The summed E-state index contributed by atoms with van der Waals surface area (Å²) in [5, 5.41) is 0.966. The Balaban J connectivity index is 1.56. The maximum atomic E-state index is 12.5. The van der Waals surface area contributed by atoms with Gasteiger partial charge in [-0.25, -0.2) is 0 Å². The molecule has 2 aromatic rings. The quantitative estimate of drug-likeness (QED) is 0.728. The van der Waals surface area contributed by atoms with Crippen LogP contribution < -0.4 is 14.4 Å². The Morgan fingerprint density at radius 2 is 1.74 bits per heavy atom. The number of anilines is 1. The van der Waals surface area contributed by atoms with Gasteiger partial charge in [0.25, 0.3) is 5.78 Å². The molecule has 27 heavy (non-hydrogen) atoms. The van der Waals surface area contributed by atoms with Crippen molar-refractivity contribution >= 4 is 40.6 Å². The van der Waals surface area contributed by atoms with Crippen molar-refractivity contribution in [2.75, 3.05) is 31.8 Å². The summed E-state index contributed by atoms with van der Waals surface area (Å²) in [5.74, 6) is -0.0648. The van der Waals surface area contributed by atoms with Crippen molar-refractivity contribution in [2.24, 2.45) is 0 Å². The van der Waals surface area contributed by atoms with Gasteiger partial charge in [0.15, 0.2) is 11.5 Å². The van der Waals surface area contributed by atoms with Crippen LogP contribution in [0.4, 0.5) is 5.69 Å². The molecule has 0 bridgehead atoms. The van der Waals surface area contributed by atoms with Gasteiger partial charge in [0.2, 0.25) is 0 Å². The number of ether oxygens (including phenoxy) is 2. The smallest absolute Gasteiger partial charge is 0.300 e. The molecule has 2 heterocycles. The number of hydrogen-bond acceptors (Lipinski definition) is 5. The fraction of sp³-hybridized carbons (Fsp3) is 0.263. The number of fused-ring (bicyclic) bond motifs is 2. The number of ketones is 1. The fourth-order valence-corrected chi connectivity index (χ4v) is 3.53. The van der Waals surface area contributed by atoms with Crippen LogP contribution in [0.5, 0.6) is 11.5 Å². The summed E-state index contributed by atoms with van der Waals surface area (Å²) in [6, 6.07) is 8.67. The van der Waals surface area contributed by atoms with Gasteiger partial charge >= 0.3 is 5.91 Å². The van der Waals surface area contributed by atoms with Crippen molar-refractivity contribution < 1.29 is 19.1 Å². The molecule has 2 aliphatic heterocycles. The number of carbonyl (C=O) groups is 2. The molecule has 0 atom stereocenters. The predicted octanol–water partition coefficient (Wildman–Crippen LogP) is 3.38. The van der Waals surface area contributed by atoms with E-state index in [-0.39, 0.29) is 6.67 Å². The second kappa shape index (κ2) is 7.03. The highest BCUT2D eigenvalue weighted by Gasteiger charge is 2.38. The van der Waals surface area contributed by atoms with Crippen molar-refractivity contribution in [3.63, 3.8) is 0 Å². The molecule has 4 rings (SSSR count). The van der Waals surface area contributed by atoms with Gasteiger partial charge in [-0.05, 0) is 30.8 Å². The minimum Gasteiger partial charge on any atom is -0.486 e. The summed E-state index contributed by atoms with van der Waals surface area (Å²) in [5.41, 5.74) is 1.83. The average Bonchev–Trinajstić information content (AvgIpc) is 2.87. The van der Waals surface area contributed by atoms with Gasteiger partial charge in [0.1, 0.15) is 13.2 Å². The van der Waals surface area contributed by atoms with Crippen LogP contribution in [-0.2, 0) is 11.3 Å². The molecule has 0 aliphatic carbocycles. The van der Waals surface area contributed by atoms with E-state index in [1.807, 2.05) is 18.0 Å². The van der Waals surface area contributed by atoms with E-state index in [1.165, 1.54) is 4.90 Å². The number of Topliss-reactive ketones (excluding diaryl/α,β-unsaturated/α-hetero) is 1. The van der Waals surface area contributed by atoms with Crippen LogP contribution in [0.15, 0.2) is 30.3 Å². The lowest BCUT2D eigenvalue weighted by atomic mass is 10.1. The molecule has 0 spiro atoms. The van der Waals surface area contributed by atoms with Crippen LogP contribution in [-0.4, -0.2) is 43.5 Å². The van der Waals surface area contributed by atoms with Gasteiger partial charge in [-0.15, -0.1) is 0 Å². The molecule has 2 aromatic carbocycles. The van der Waals surface area contributed by atoms with Gasteiger partial charge in [0, 0.05) is 12.6 Å². The molecule has 0 fully saturated rings. The van der Waals surface area contributed by atoms with Crippen LogP contribution in [0.2, 0.25) is 10.0 Å². The van der Waals surface area contributed by atoms with Crippen molar-refractivity contribution in [3.05, 3.63) is 51.5 Å². The summed E-state index contributed by atoms with van der Waals surface area (Å²) >= 11 is 12.0. The Hall–Kier alpha value is -2.28. The molecule has 0 unspecified atom stereocenters. The third-order valence-electron chi connectivity index (χ3n) is 4.45. The first kappa shape index (κ1) is 18.1. The SMILES string of the molecule is CN(Cc1ccc(Cl)c(Cl)c1)CN1C(=O)C(=O)c2cc3c(cc21)OCCO3. The number of rotatable bonds is 4. The van der Waals surface area contributed by atoms with Crippen LogP contribution >= 0.6 is 23.2 Å². The average molecular weight is 407 g/mol. The third-order valence-corrected chi connectivity index (χ3v) is 5.19. The normalized spacial score (nSPS) is 15.5.